The Balaban J connectivity index is 1.53. The lowest BCUT2D eigenvalue weighted by Gasteiger charge is -2.35. The van der Waals surface area contributed by atoms with Crippen molar-refractivity contribution in [3.8, 4) is 5.75 Å². The Bertz CT molecular complexity index is 667. The van der Waals surface area contributed by atoms with Crippen molar-refractivity contribution < 1.29 is 14.6 Å². The first kappa shape index (κ1) is 17.0. The Morgan fingerprint density at radius 3 is 2.71 bits per heavy atom. The highest BCUT2D eigenvalue weighted by Gasteiger charge is 2.24. The monoisotopic (exact) mass is 346 g/mol. The zero-order chi connectivity index (χ0) is 16.9. The number of aliphatic hydroxyl groups excluding tert-OH is 1. The van der Waals surface area contributed by atoms with Crippen LogP contribution in [0.3, 0.4) is 0 Å². The second-order valence-corrected chi connectivity index (χ2v) is 6.84. The van der Waals surface area contributed by atoms with E-state index in [1.807, 2.05) is 40.6 Å². The smallest absolute Gasteiger partial charge is 0.254 e. The Morgan fingerprint density at radius 2 is 2.04 bits per heavy atom. The highest BCUT2D eigenvalue weighted by atomic mass is 32.1. The van der Waals surface area contributed by atoms with Crippen LogP contribution in [0.1, 0.15) is 21.3 Å². The minimum Gasteiger partial charge on any atom is -0.497 e. The van der Waals surface area contributed by atoms with Gasteiger partial charge in [-0.3, -0.25) is 9.69 Å². The van der Waals surface area contributed by atoms with E-state index in [1.54, 1.807) is 24.5 Å². The Labute approximate surface area is 146 Å². The highest BCUT2D eigenvalue weighted by Crippen LogP contribution is 2.21. The second kappa shape index (κ2) is 7.79. The number of thiophene rings is 1. The van der Waals surface area contributed by atoms with Gasteiger partial charge in [-0.05, 0) is 29.6 Å². The molecule has 1 amide bonds. The number of ether oxygens (including phenoxy) is 1. The molecule has 1 fully saturated rings. The van der Waals surface area contributed by atoms with Gasteiger partial charge in [-0.1, -0.05) is 12.1 Å². The molecule has 24 heavy (non-hydrogen) atoms. The zero-order valence-corrected chi connectivity index (χ0v) is 14.5. The molecular formula is C18H22N2O3S. The van der Waals surface area contributed by atoms with Crippen LogP contribution in [-0.4, -0.2) is 60.6 Å². The van der Waals surface area contributed by atoms with Crippen LogP contribution in [0.4, 0.5) is 0 Å². The molecule has 128 valence electrons. The normalized spacial score (nSPS) is 16.8. The topological polar surface area (TPSA) is 53.0 Å². The van der Waals surface area contributed by atoms with Crippen molar-refractivity contribution >= 4 is 17.2 Å². The van der Waals surface area contributed by atoms with Crippen LogP contribution in [0.25, 0.3) is 0 Å². The first-order chi connectivity index (χ1) is 11.7. The summed E-state index contributed by atoms with van der Waals surface area (Å²) in [4.78, 5) is 17.7. The summed E-state index contributed by atoms with van der Waals surface area (Å²) in [6.07, 6.45) is -0.453. The summed E-state index contributed by atoms with van der Waals surface area (Å²) >= 11 is 1.57. The summed E-state index contributed by atoms with van der Waals surface area (Å²) in [5, 5.41) is 12.2. The molecule has 0 radical (unpaired) electrons. The van der Waals surface area contributed by atoms with Crippen molar-refractivity contribution in [2.75, 3.05) is 39.8 Å². The lowest BCUT2D eigenvalue weighted by molar-refractivity contribution is 0.0532. The molecule has 1 aromatic heterocycles. The molecule has 2 aromatic rings. The van der Waals surface area contributed by atoms with Crippen LogP contribution < -0.4 is 4.74 Å². The zero-order valence-electron chi connectivity index (χ0n) is 13.7. The number of piperazine rings is 1. The summed E-state index contributed by atoms with van der Waals surface area (Å²) in [7, 11) is 1.60. The maximum Gasteiger partial charge on any atom is 0.254 e. The van der Waals surface area contributed by atoms with Crippen molar-refractivity contribution in [2.45, 2.75) is 6.10 Å². The van der Waals surface area contributed by atoms with Crippen LogP contribution in [0.15, 0.2) is 41.8 Å². The minimum atomic E-state index is -0.453. The van der Waals surface area contributed by atoms with Gasteiger partial charge in [0.1, 0.15) is 11.9 Å². The third-order valence-electron chi connectivity index (χ3n) is 4.28. The van der Waals surface area contributed by atoms with E-state index in [4.69, 9.17) is 4.74 Å². The summed E-state index contributed by atoms with van der Waals surface area (Å²) in [6.45, 7) is 3.51. The van der Waals surface area contributed by atoms with Gasteiger partial charge in [0.15, 0.2) is 0 Å². The van der Waals surface area contributed by atoms with Crippen molar-refractivity contribution in [1.29, 1.82) is 0 Å². The van der Waals surface area contributed by atoms with Gasteiger partial charge in [-0.25, -0.2) is 0 Å². The number of carbonyl (C=O) groups excluding carboxylic acids is 1. The molecular weight excluding hydrogens is 324 g/mol. The fourth-order valence-corrected chi connectivity index (χ4v) is 3.59. The molecule has 1 aliphatic heterocycles. The van der Waals surface area contributed by atoms with Gasteiger partial charge in [0, 0.05) is 43.2 Å². The predicted molar refractivity (Wildman–Crippen MR) is 94.6 cm³/mol. The quantitative estimate of drug-likeness (QED) is 0.902. The van der Waals surface area contributed by atoms with Gasteiger partial charge in [-0.2, -0.15) is 0 Å². The number of methoxy groups -OCH3 is 1. The minimum absolute atomic E-state index is 0.0346. The van der Waals surface area contributed by atoms with Crippen LogP contribution in [-0.2, 0) is 0 Å². The third-order valence-corrected chi connectivity index (χ3v) is 5.25. The van der Waals surface area contributed by atoms with Crippen molar-refractivity contribution in [3.63, 3.8) is 0 Å². The Hall–Kier alpha value is -1.89. The standard InChI is InChI=1S/C18H22N2O3S/c1-23-15-5-2-4-14(12-15)18(22)20-9-7-19(8-10-20)13-16(21)17-6-3-11-24-17/h2-6,11-12,16,21H,7-10,13H2,1H3/t16-/m1/s1. The first-order valence-electron chi connectivity index (χ1n) is 8.04. The average molecular weight is 346 g/mol. The van der Waals surface area contributed by atoms with Gasteiger partial charge < -0.3 is 14.7 Å². The van der Waals surface area contributed by atoms with E-state index in [9.17, 15) is 9.90 Å². The molecule has 0 saturated carbocycles. The number of amides is 1. The van der Waals surface area contributed by atoms with E-state index in [0.29, 0.717) is 30.9 Å². The molecule has 0 unspecified atom stereocenters. The van der Waals surface area contributed by atoms with E-state index >= 15 is 0 Å². The average Bonchev–Trinajstić information content (AvgIpc) is 3.16. The molecule has 1 saturated heterocycles. The van der Waals surface area contributed by atoms with Crippen molar-refractivity contribution in [3.05, 3.63) is 52.2 Å². The number of rotatable bonds is 5. The van der Waals surface area contributed by atoms with E-state index in [2.05, 4.69) is 4.90 Å². The van der Waals surface area contributed by atoms with Crippen LogP contribution >= 0.6 is 11.3 Å². The first-order valence-corrected chi connectivity index (χ1v) is 8.92. The number of benzene rings is 1. The molecule has 5 nitrogen and oxygen atoms in total. The van der Waals surface area contributed by atoms with Crippen molar-refractivity contribution in [2.24, 2.45) is 0 Å². The molecule has 0 bridgehead atoms. The number of aliphatic hydroxyl groups is 1. The molecule has 1 atom stereocenters. The molecule has 3 rings (SSSR count). The number of carbonyl (C=O) groups is 1. The van der Waals surface area contributed by atoms with Crippen LogP contribution in [0.2, 0.25) is 0 Å². The van der Waals surface area contributed by atoms with E-state index in [0.717, 1.165) is 18.0 Å². The second-order valence-electron chi connectivity index (χ2n) is 5.86. The van der Waals surface area contributed by atoms with E-state index in [-0.39, 0.29) is 5.91 Å². The number of hydrogen-bond donors (Lipinski definition) is 1. The molecule has 0 spiro atoms. The molecule has 6 heteroatoms. The molecule has 2 heterocycles. The SMILES string of the molecule is COc1cccc(C(=O)N2CCN(C[C@@H](O)c3cccs3)CC2)c1. The molecule has 0 aliphatic carbocycles. The van der Waals surface area contributed by atoms with Gasteiger partial charge in [0.25, 0.3) is 5.91 Å². The molecule has 1 aromatic carbocycles. The number of β-amino-alcohol motifs (C(OH)–C–C–N with tert-alkyl or cyclic N) is 1. The van der Waals surface area contributed by atoms with Crippen LogP contribution in [0.5, 0.6) is 5.75 Å². The Kier molecular flexibility index (Phi) is 5.50. The summed E-state index contributed by atoms with van der Waals surface area (Å²) in [5.74, 6) is 0.728. The van der Waals surface area contributed by atoms with Gasteiger partial charge in [-0.15, -0.1) is 11.3 Å². The van der Waals surface area contributed by atoms with Crippen molar-refractivity contribution in [1.82, 2.24) is 9.80 Å². The molecule has 1 N–H and O–H groups in total. The third kappa shape index (κ3) is 3.95. The maximum absolute atomic E-state index is 12.6. The predicted octanol–water partition coefficient (Wildman–Crippen LogP) is 2.25. The number of nitrogens with zero attached hydrogens (tertiary/aromatic N) is 2. The highest BCUT2D eigenvalue weighted by molar-refractivity contribution is 7.10. The van der Waals surface area contributed by atoms with E-state index in [1.165, 1.54) is 0 Å². The maximum atomic E-state index is 12.6. The van der Waals surface area contributed by atoms with Crippen LogP contribution in [0, 0.1) is 0 Å². The summed E-state index contributed by atoms with van der Waals surface area (Å²) in [5.41, 5.74) is 0.654. The summed E-state index contributed by atoms with van der Waals surface area (Å²) < 4.78 is 5.18. The lowest BCUT2D eigenvalue weighted by Crippen LogP contribution is -2.49. The Morgan fingerprint density at radius 1 is 1.25 bits per heavy atom. The number of hydrogen-bond acceptors (Lipinski definition) is 5. The fraction of sp³-hybridized carbons (Fsp3) is 0.389. The van der Waals surface area contributed by atoms with Gasteiger partial charge in [0.05, 0.1) is 7.11 Å². The lowest BCUT2D eigenvalue weighted by atomic mass is 10.1. The summed E-state index contributed by atoms with van der Waals surface area (Å²) in [6, 6.07) is 11.2. The largest absolute Gasteiger partial charge is 0.497 e. The van der Waals surface area contributed by atoms with Gasteiger partial charge in [0.2, 0.25) is 0 Å². The fourth-order valence-electron chi connectivity index (χ4n) is 2.89. The van der Waals surface area contributed by atoms with Gasteiger partial charge >= 0.3 is 0 Å². The molecule has 1 aliphatic rings. The van der Waals surface area contributed by atoms with E-state index < -0.39 is 6.10 Å².